The number of anilines is 2. The molecule has 2 N–H and O–H groups in total. The Balaban J connectivity index is 1.61. The summed E-state index contributed by atoms with van der Waals surface area (Å²) in [5.41, 5.74) is 1.68. The minimum absolute atomic E-state index is 0.0532. The number of hydrogen-bond donors (Lipinski definition) is 2. The monoisotopic (exact) mass is 478 g/mol. The molecular formula is C25H26N4O6. The summed E-state index contributed by atoms with van der Waals surface area (Å²) in [6, 6.07) is 12.0. The van der Waals surface area contributed by atoms with Crippen molar-refractivity contribution in [3.8, 4) is 0 Å². The van der Waals surface area contributed by atoms with Crippen molar-refractivity contribution in [2.75, 3.05) is 17.9 Å². The number of nitrogens with one attached hydrogen (secondary N) is 2. The van der Waals surface area contributed by atoms with Crippen LogP contribution in [0, 0.1) is 26.4 Å². The third-order valence-corrected chi connectivity index (χ3v) is 7.90. The van der Waals surface area contributed by atoms with Gasteiger partial charge in [-0.1, -0.05) is 20.8 Å². The molecule has 182 valence electrons. The van der Waals surface area contributed by atoms with Crippen LogP contribution in [0.5, 0.6) is 0 Å². The Kier molecular flexibility index (Phi) is 5.70. The third kappa shape index (κ3) is 3.48. The lowest BCUT2D eigenvalue weighted by Gasteiger charge is -2.37. The minimum atomic E-state index is -1.31. The molecule has 2 bridgehead atoms. The number of nitro benzene ring substituents is 1. The highest BCUT2D eigenvalue weighted by molar-refractivity contribution is 6.51. The first-order chi connectivity index (χ1) is 16.5. The average Bonchev–Trinajstić information content (AvgIpc) is 3.12. The average molecular weight is 479 g/mol. The molecule has 2 aliphatic carbocycles. The molecule has 2 aromatic rings. The highest BCUT2D eigenvalue weighted by Crippen LogP contribution is 2.69. The van der Waals surface area contributed by atoms with Gasteiger partial charge in [0.15, 0.2) is 5.78 Å². The van der Waals surface area contributed by atoms with Crippen molar-refractivity contribution in [2.24, 2.45) is 21.3 Å². The number of nitro groups is 1. The molecule has 2 saturated carbocycles. The van der Waals surface area contributed by atoms with Gasteiger partial charge in [0, 0.05) is 23.2 Å². The van der Waals surface area contributed by atoms with Crippen molar-refractivity contribution in [2.45, 2.75) is 33.6 Å². The lowest BCUT2D eigenvalue weighted by molar-refractivity contribution is -0.384. The van der Waals surface area contributed by atoms with Gasteiger partial charge in [0.2, 0.25) is 5.91 Å². The van der Waals surface area contributed by atoms with Gasteiger partial charge in [0.25, 0.3) is 5.69 Å². The van der Waals surface area contributed by atoms with E-state index in [1.165, 1.54) is 31.4 Å². The largest absolute Gasteiger partial charge is 0.465 e. The van der Waals surface area contributed by atoms with Crippen LogP contribution in [0.4, 0.5) is 17.1 Å². The maximum atomic E-state index is 13.7. The molecule has 0 aliphatic heterocycles. The van der Waals surface area contributed by atoms with Gasteiger partial charge >= 0.3 is 5.97 Å². The molecule has 4 rings (SSSR count). The molecule has 10 heteroatoms. The van der Waals surface area contributed by atoms with E-state index in [2.05, 4.69) is 15.8 Å². The number of amides is 1. The predicted molar refractivity (Wildman–Crippen MR) is 129 cm³/mol. The second kappa shape index (κ2) is 8.30. The SMILES string of the molecule is COC(=O)c1ccc(NC(=O)C23CCC(C)(C(=NNc4ccc([N+](=O)[O-])cc4)C2=O)C3(C)C)cc1. The Morgan fingerprint density at radius 2 is 1.60 bits per heavy atom. The van der Waals surface area contributed by atoms with E-state index >= 15 is 0 Å². The van der Waals surface area contributed by atoms with E-state index in [-0.39, 0.29) is 17.2 Å². The summed E-state index contributed by atoms with van der Waals surface area (Å²) in [6.07, 6.45) is 0.985. The van der Waals surface area contributed by atoms with Gasteiger partial charge in [0.1, 0.15) is 11.1 Å². The first-order valence-electron chi connectivity index (χ1n) is 11.1. The zero-order valence-electron chi connectivity index (χ0n) is 19.9. The summed E-state index contributed by atoms with van der Waals surface area (Å²) in [6.45, 7) is 5.76. The van der Waals surface area contributed by atoms with Crippen molar-refractivity contribution in [1.29, 1.82) is 0 Å². The standard InChI is InChI=1S/C25H26N4O6/c1-23(2)24(3)13-14-25(23,22(32)26-16-7-5-15(6-8-16)21(31)35-4)20(30)19(24)28-27-17-9-11-18(12-10-17)29(33)34/h5-12,27H,13-14H2,1-4H3,(H,26,32). The number of esters is 1. The van der Waals surface area contributed by atoms with E-state index in [1.54, 1.807) is 24.3 Å². The van der Waals surface area contributed by atoms with Crippen molar-refractivity contribution in [1.82, 2.24) is 0 Å². The van der Waals surface area contributed by atoms with Crippen LogP contribution in [-0.2, 0) is 14.3 Å². The number of carbonyl (C=O) groups is 3. The first kappa shape index (κ1) is 24.1. The highest BCUT2D eigenvalue weighted by atomic mass is 16.6. The maximum absolute atomic E-state index is 13.7. The van der Waals surface area contributed by atoms with E-state index in [9.17, 15) is 24.5 Å². The molecule has 0 spiro atoms. The highest BCUT2D eigenvalue weighted by Gasteiger charge is 2.76. The number of Topliss-reactive ketones (excluding diaryl/α,β-unsaturated/α-hetero) is 1. The molecule has 0 aromatic heterocycles. The Bertz CT molecular complexity index is 1250. The summed E-state index contributed by atoms with van der Waals surface area (Å²) in [5, 5.41) is 18.1. The number of carbonyl (C=O) groups excluding carboxylic acids is 3. The number of hydrogen-bond acceptors (Lipinski definition) is 8. The summed E-state index contributed by atoms with van der Waals surface area (Å²) in [5.74, 6) is -1.24. The van der Waals surface area contributed by atoms with Crippen LogP contribution in [0.1, 0.15) is 44.0 Å². The zero-order chi connectivity index (χ0) is 25.6. The van der Waals surface area contributed by atoms with Gasteiger partial charge in [0.05, 0.1) is 23.3 Å². The van der Waals surface area contributed by atoms with Gasteiger partial charge in [-0.3, -0.25) is 25.1 Å². The van der Waals surface area contributed by atoms with E-state index in [4.69, 9.17) is 4.74 Å². The summed E-state index contributed by atoms with van der Waals surface area (Å²) in [4.78, 5) is 49.3. The molecule has 0 radical (unpaired) electrons. The lowest BCUT2D eigenvalue weighted by atomic mass is 9.64. The van der Waals surface area contributed by atoms with E-state index in [0.29, 0.717) is 29.8 Å². The molecule has 0 saturated heterocycles. The topological polar surface area (TPSA) is 140 Å². The normalized spacial score (nSPS) is 25.4. The molecule has 2 aromatic carbocycles. The summed E-state index contributed by atoms with van der Waals surface area (Å²) >= 11 is 0. The minimum Gasteiger partial charge on any atom is -0.465 e. The van der Waals surface area contributed by atoms with Crippen molar-refractivity contribution in [3.05, 3.63) is 64.2 Å². The van der Waals surface area contributed by atoms with Crippen molar-refractivity contribution in [3.63, 3.8) is 0 Å². The van der Waals surface area contributed by atoms with Gasteiger partial charge in [-0.25, -0.2) is 4.79 Å². The quantitative estimate of drug-likeness (QED) is 0.275. The predicted octanol–water partition coefficient (Wildman–Crippen LogP) is 4.18. The number of fused-ring (bicyclic) bond motifs is 2. The zero-order valence-corrected chi connectivity index (χ0v) is 19.9. The van der Waals surface area contributed by atoms with E-state index < -0.39 is 33.0 Å². The fraction of sp³-hybridized carbons (Fsp3) is 0.360. The smallest absolute Gasteiger partial charge is 0.337 e. The molecular weight excluding hydrogens is 452 g/mol. The molecule has 2 unspecified atom stereocenters. The van der Waals surface area contributed by atoms with Gasteiger partial charge < -0.3 is 10.1 Å². The summed E-state index contributed by atoms with van der Waals surface area (Å²) < 4.78 is 4.69. The maximum Gasteiger partial charge on any atom is 0.337 e. The fourth-order valence-electron chi connectivity index (χ4n) is 5.30. The first-order valence-corrected chi connectivity index (χ1v) is 11.1. The van der Waals surface area contributed by atoms with E-state index in [1.807, 2.05) is 20.8 Å². The Labute approximate surface area is 201 Å². The number of nitrogens with zero attached hydrogens (tertiary/aromatic N) is 2. The number of non-ortho nitro benzene ring substituents is 1. The Hall–Kier alpha value is -4.08. The van der Waals surface area contributed by atoms with Crippen LogP contribution in [0.15, 0.2) is 53.6 Å². The molecule has 1 amide bonds. The van der Waals surface area contributed by atoms with Crippen LogP contribution < -0.4 is 10.7 Å². The number of ketones is 1. The number of benzene rings is 2. The molecule has 35 heavy (non-hydrogen) atoms. The number of hydrazone groups is 1. The third-order valence-electron chi connectivity index (χ3n) is 7.90. The van der Waals surface area contributed by atoms with Crippen LogP contribution in [-0.4, -0.2) is 35.4 Å². The van der Waals surface area contributed by atoms with Gasteiger partial charge in [-0.05, 0) is 54.7 Å². The van der Waals surface area contributed by atoms with Gasteiger partial charge in [-0.15, -0.1) is 0 Å². The van der Waals surface area contributed by atoms with Crippen LogP contribution in [0.25, 0.3) is 0 Å². The second-order valence-electron chi connectivity index (χ2n) is 9.59. The second-order valence-corrected chi connectivity index (χ2v) is 9.59. The number of rotatable bonds is 6. The molecule has 2 atom stereocenters. The summed E-state index contributed by atoms with van der Waals surface area (Å²) in [7, 11) is 1.29. The fourth-order valence-corrected chi connectivity index (χ4v) is 5.30. The van der Waals surface area contributed by atoms with Crippen LogP contribution in [0.3, 0.4) is 0 Å². The molecule has 2 aliphatic rings. The number of ether oxygens (including phenoxy) is 1. The molecule has 10 nitrogen and oxygen atoms in total. The van der Waals surface area contributed by atoms with Crippen molar-refractivity contribution < 1.29 is 24.0 Å². The molecule has 0 heterocycles. The molecule has 2 fully saturated rings. The lowest BCUT2D eigenvalue weighted by Crippen LogP contribution is -2.47. The Morgan fingerprint density at radius 3 is 2.17 bits per heavy atom. The van der Waals surface area contributed by atoms with Crippen molar-refractivity contribution >= 4 is 40.4 Å². The Morgan fingerprint density at radius 1 is 1.00 bits per heavy atom. The van der Waals surface area contributed by atoms with Gasteiger partial charge in [-0.2, -0.15) is 5.10 Å². The van der Waals surface area contributed by atoms with E-state index in [0.717, 1.165) is 0 Å². The van der Waals surface area contributed by atoms with Crippen LogP contribution >= 0.6 is 0 Å². The van der Waals surface area contributed by atoms with Crippen LogP contribution in [0.2, 0.25) is 0 Å². The number of methoxy groups -OCH3 is 1.